The Morgan fingerprint density at radius 3 is 2.48 bits per heavy atom. The topological polar surface area (TPSA) is 41.6 Å². The van der Waals surface area contributed by atoms with Gasteiger partial charge >= 0.3 is 0 Å². The van der Waals surface area contributed by atoms with E-state index in [2.05, 4.69) is 46.7 Å². The fraction of sp³-hybridized carbons (Fsp3) is 0.944. The Bertz CT molecular complexity index is 305. The average molecular weight is 438 g/mol. The van der Waals surface area contributed by atoms with Crippen molar-refractivity contribution in [3.05, 3.63) is 0 Å². The van der Waals surface area contributed by atoms with Gasteiger partial charge in [-0.2, -0.15) is 0 Å². The van der Waals surface area contributed by atoms with E-state index in [-0.39, 0.29) is 11.8 Å². The number of unbranched alkanes of at least 4 members (excludes halogenated alkanes) is 4. The van der Waals surface area contributed by atoms with Crippen LogP contribution in [0.5, 0.6) is 0 Å². The van der Waals surface area contributed by atoms with Gasteiger partial charge in [-0.1, -0.05) is 55.7 Å². The van der Waals surface area contributed by atoms with Crippen LogP contribution < -0.4 is 5.32 Å². The van der Waals surface area contributed by atoms with Crippen LogP contribution in [-0.2, 0) is 9.53 Å². The molecule has 0 aliphatic carbocycles. The Morgan fingerprint density at radius 2 is 1.83 bits per heavy atom. The molecule has 0 aromatic heterocycles. The van der Waals surface area contributed by atoms with Crippen LogP contribution in [0.4, 0.5) is 0 Å². The summed E-state index contributed by atoms with van der Waals surface area (Å²) < 4.78 is 6.11. The number of nitrogens with zero attached hydrogens (tertiary/aromatic N) is 1. The summed E-state index contributed by atoms with van der Waals surface area (Å²) in [6, 6.07) is 0. The molecule has 0 aromatic rings. The monoisotopic (exact) mass is 438 g/mol. The maximum atomic E-state index is 12.2. The van der Waals surface area contributed by atoms with Crippen molar-refractivity contribution in [3.8, 4) is 0 Å². The van der Waals surface area contributed by atoms with E-state index in [1.54, 1.807) is 0 Å². The molecule has 0 atom stereocenters. The number of ether oxygens (including phenoxy) is 1. The Hall–Kier alpha value is 0.120. The minimum atomic E-state index is 0.240. The molecule has 1 heterocycles. The predicted octanol–water partition coefficient (Wildman–Crippen LogP) is 3.83. The van der Waals surface area contributed by atoms with Gasteiger partial charge in [-0.25, -0.2) is 0 Å². The molecule has 0 radical (unpaired) electrons. The summed E-state index contributed by atoms with van der Waals surface area (Å²) in [6.45, 7) is 9.57. The van der Waals surface area contributed by atoms with Crippen LogP contribution in [-0.4, -0.2) is 48.2 Å². The first-order valence-electron chi connectivity index (χ1n) is 9.27. The number of amides is 1. The Labute approximate surface area is 156 Å². The van der Waals surface area contributed by atoms with Crippen molar-refractivity contribution < 1.29 is 9.53 Å². The number of piperidine rings is 1. The zero-order valence-electron chi connectivity index (χ0n) is 15.0. The van der Waals surface area contributed by atoms with Gasteiger partial charge in [-0.3, -0.25) is 4.79 Å². The van der Waals surface area contributed by atoms with Gasteiger partial charge in [0.1, 0.15) is 0 Å². The molecule has 5 heteroatoms. The van der Waals surface area contributed by atoms with Crippen LogP contribution in [0.3, 0.4) is 0 Å². The zero-order valence-corrected chi connectivity index (χ0v) is 17.1. The molecule has 0 spiro atoms. The van der Waals surface area contributed by atoms with Crippen LogP contribution in [0.15, 0.2) is 0 Å². The summed E-state index contributed by atoms with van der Waals surface area (Å²) in [5.74, 6) is 1.24. The van der Waals surface area contributed by atoms with Crippen molar-refractivity contribution in [2.45, 2.75) is 58.8 Å². The van der Waals surface area contributed by atoms with Crippen LogP contribution in [0, 0.1) is 11.8 Å². The third kappa shape index (κ3) is 10.6. The Morgan fingerprint density at radius 1 is 1.17 bits per heavy atom. The molecule has 1 fully saturated rings. The van der Waals surface area contributed by atoms with E-state index in [0.29, 0.717) is 5.92 Å². The summed E-state index contributed by atoms with van der Waals surface area (Å²) >= 11 is 2.23. The molecule has 1 aliphatic rings. The molecule has 0 unspecified atom stereocenters. The second kappa shape index (κ2) is 13.4. The molecule has 0 saturated carbocycles. The number of likely N-dealkylation sites (tertiary alicyclic amines) is 1. The molecule has 0 aromatic carbocycles. The maximum Gasteiger partial charge on any atom is 0.223 e. The van der Waals surface area contributed by atoms with Gasteiger partial charge in [0.25, 0.3) is 0 Å². The maximum absolute atomic E-state index is 12.2. The van der Waals surface area contributed by atoms with Crippen LogP contribution >= 0.6 is 22.6 Å². The molecule has 1 N–H and O–H groups in total. The first-order chi connectivity index (χ1) is 11.1. The zero-order chi connectivity index (χ0) is 16.9. The van der Waals surface area contributed by atoms with Crippen LogP contribution in [0.1, 0.15) is 58.8 Å². The van der Waals surface area contributed by atoms with E-state index in [4.69, 9.17) is 4.74 Å². The standard InChI is InChI=1S/C18H35IN2O2/c1-16(2)14-21-11-8-17(9-12-21)18(22)20-10-6-4-3-5-7-13-23-15-19/h16-17H,3-15H2,1-2H3,(H,20,22). The largest absolute Gasteiger partial charge is 0.371 e. The van der Waals surface area contributed by atoms with Crippen molar-refractivity contribution >= 4 is 28.5 Å². The van der Waals surface area contributed by atoms with E-state index in [1.807, 2.05) is 0 Å². The highest BCUT2D eigenvalue weighted by Crippen LogP contribution is 2.18. The van der Waals surface area contributed by atoms with Gasteiger partial charge in [0.15, 0.2) is 0 Å². The number of halogens is 1. The molecule has 1 aliphatic heterocycles. The van der Waals surface area contributed by atoms with Crippen molar-refractivity contribution in [2.75, 3.05) is 37.4 Å². The third-order valence-electron chi connectivity index (χ3n) is 4.42. The fourth-order valence-corrected chi connectivity index (χ4v) is 3.48. The van der Waals surface area contributed by atoms with Gasteiger partial charge < -0.3 is 15.0 Å². The molecule has 1 saturated heterocycles. The second-order valence-corrected chi connectivity index (χ2v) is 7.67. The lowest BCUT2D eigenvalue weighted by Gasteiger charge is -2.32. The normalized spacial score (nSPS) is 16.9. The summed E-state index contributed by atoms with van der Waals surface area (Å²) in [6.07, 6.45) is 7.99. The molecule has 4 nitrogen and oxygen atoms in total. The first-order valence-corrected chi connectivity index (χ1v) is 10.8. The third-order valence-corrected chi connectivity index (χ3v) is 4.86. The van der Waals surface area contributed by atoms with E-state index >= 15 is 0 Å². The van der Waals surface area contributed by atoms with Gasteiger partial charge in [0.2, 0.25) is 5.91 Å². The van der Waals surface area contributed by atoms with Crippen molar-refractivity contribution in [2.24, 2.45) is 11.8 Å². The fourth-order valence-electron chi connectivity index (χ4n) is 3.16. The lowest BCUT2D eigenvalue weighted by molar-refractivity contribution is -0.126. The average Bonchev–Trinajstić information content (AvgIpc) is 2.53. The van der Waals surface area contributed by atoms with E-state index < -0.39 is 0 Å². The first kappa shape index (κ1) is 21.2. The Kier molecular flexibility index (Phi) is 12.3. The molecule has 136 valence electrons. The predicted molar refractivity (Wildman–Crippen MR) is 105 cm³/mol. The number of nitrogens with one attached hydrogen (secondary N) is 1. The summed E-state index contributed by atoms with van der Waals surface area (Å²) in [4.78, 5) is 14.7. The smallest absolute Gasteiger partial charge is 0.223 e. The minimum absolute atomic E-state index is 0.240. The summed E-state index contributed by atoms with van der Waals surface area (Å²) in [5.41, 5.74) is 0. The summed E-state index contributed by atoms with van der Waals surface area (Å²) in [7, 11) is 0. The van der Waals surface area contributed by atoms with Crippen LogP contribution in [0.25, 0.3) is 0 Å². The number of rotatable bonds is 12. The lowest BCUT2D eigenvalue weighted by atomic mass is 9.95. The van der Waals surface area contributed by atoms with Gasteiger partial charge in [0, 0.05) is 25.6 Å². The quantitative estimate of drug-likeness (QED) is 0.286. The molecular weight excluding hydrogens is 403 g/mol. The number of alkyl halides is 1. The molecule has 1 amide bonds. The highest BCUT2D eigenvalue weighted by atomic mass is 127. The number of hydrogen-bond donors (Lipinski definition) is 1. The second-order valence-electron chi connectivity index (χ2n) is 7.04. The van der Waals surface area contributed by atoms with Crippen molar-refractivity contribution in [3.63, 3.8) is 0 Å². The SMILES string of the molecule is CC(C)CN1CCC(C(=O)NCCCCCCCOCI)CC1. The molecule has 0 bridgehead atoms. The van der Waals surface area contributed by atoms with E-state index in [9.17, 15) is 4.79 Å². The number of carbonyl (C=O) groups excluding carboxylic acids is 1. The molecule has 23 heavy (non-hydrogen) atoms. The minimum Gasteiger partial charge on any atom is -0.371 e. The van der Waals surface area contributed by atoms with E-state index in [1.165, 1.54) is 19.3 Å². The van der Waals surface area contributed by atoms with Gasteiger partial charge in [-0.05, 0) is 44.7 Å². The number of carbonyl (C=O) groups is 1. The van der Waals surface area contributed by atoms with Gasteiger partial charge in [0.05, 0.1) is 4.61 Å². The van der Waals surface area contributed by atoms with Crippen molar-refractivity contribution in [1.82, 2.24) is 10.2 Å². The van der Waals surface area contributed by atoms with Gasteiger partial charge in [-0.15, -0.1) is 0 Å². The highest BCUT2D eigenvalue weighted by molar-refractivity contribution is 14.1. The van der Waals surface area contributed by atoms with E-state index in [0.717, 1.165) is 63.1 Å². The Balaban J connectivity index is 1.96. The lowest BCUT2D eigenvalue weighted by Crippen LogP contribution is -2.41. The highest BCUT2D eigenvalue weighted by Gasteiger charge is 2.24. The summed E-state index contributed by atoms with van der Waals surface area (Å²) in [5, 5.41) is 3.14. The molecular formula is C18H35IN2O2. The van der Waals surface area contributed by atoms with Crippen LogP contribution in [0.2, 0.25) is 0 Å². The van der Waals surface area contributed by atoms with Crippen molar-refractivity contribution in [1.29, 1.82) is 0 Å². The molecule has 1 rings (SSSR count). The number of hydrogen-bond acceptors (Lipinski definition) is 3.